The molecule has 2 fully saturated rings. The lowest BCUT2D eigenvalue weighted by Crippen LogP contribution is -2.30. The average Bonchev–Trinajstić information content (AvgIpc) is 2.20. The summed E-state index contributed by atoms with van der Waals surface area (Å²) in [5.41, 5.74) is 0. The van der Waals surface area contributed by atoms with Crippen LogP contribution in [0.5, 0.6) is 0 Å². The number of rotatable bonds is 0. The van der Waals surface area contributed by atoms with E-state index in [1.807, 2.05) is 0 Å². The molecule has 2 atom stereocenters. The Hall–Kier alpha value is -0.370. The fourth-order valence-corrected chi connectivity index (χ4v) is 2.27. The third-order valence-electron chi connectivity index (χ3n) is 2.85. The predicted octanol–water partition coefficient (Wildman–Crippen LogP) is 0.736. The topological polar surface area (TPSA) is 37.3 Å². The molecule has 1 N–H and O–H groups in total. The number of fused-ring (bicyclic) bond motifs is 2. The van der Waals surface area contributed by atoms with Crippen molar-refractivity contribution in [2.24, 2.45) is 11.8 Å². The molecule has 2 aliphatic carbocycles. The van der Waals surface area contributed by atoms with E-state index in [0.717, 1.165) is 12.8 Å². The molecule has 0 amide bonds. The Morgan fingerprint density at radius 1 is 1.20 bits per heavy atom. The van der Waals surface area contributed by atoms with Crippen LogP contribution in [0.15, 0.2) is 0 Å². The van der Waals surface area contributed by atoms with E-state index in [0.29, 0.717) is 30.5 Å². The van der Waals surface area contributed by atoms with Crippen LogP contribution < -0.4 is 0 Å². The monoisotopic (exact) mass is 140 g/mol. The van der Waals surface area contributed by atoms with Crippen LogP contribution in [0, 0.1) is 11.8 Å². The molecule has 2 bridgehead atoms. The van der Waals surface area contributed by atoms with Gasteiger partial charge in [-0.05, 0) is 24.7 Å². The van der Waals surface area contributed by atoms with Gasteiger partial charge in [-0.3, -0.25) is 4.79 Å². The molecule has 0 spiro atoms. The Morgan fingerprint density at radius 2 is 1.70 bits per heavy atom. The van der Waals surface area contributed by atoms with Crippen molar-refractivity contribution in [3.63, 3.8) is 0 Å². The highest BCUT2D eigenvalue weighted by atomic mass is 16.3. The van der Waals surface area contributed by atoms with Crippen molar-refractivity contribution in [3.8, 4) is 0 Å². The van der Waals surface area contributed by atoms with Crippen LogP contribution in [0.25, 0.3) is 0 Å². The van der Waals surface area contributed by atoms with Crippen molar-refractivity contribution in [1.82, 2.24) is 0 Å². The molecule has 10 heavy (non-hydrogen) atoms. The van der Waals surface area contributed by atoms with Crippen molar-refractivity contribution in [1.29, 1.82) is 0 Å². The molecule has 2 rings (SSSR count). The first-order chi connectivity index (χ1) is 4.77. The number of ketones is 1. The lowest BCUT2D eigenvalue weighted by atomic mass is 9.86. The molecule has 2 heteroatoms. The molecule has 2 saturated carbocycles. The number of Topliss-reactive ketones (excluding diaryl/α,β-unsaturated/α-hetero) is 1. The Bertz CT molecular complexity index is 149. The maximum Gasteiger partial charge on any atom is 0.133 e. The molecular weight excluding hydrogens is 128 g/mol. The molecule has 0 aromatic carbocycles. The zero-order valence-electron chi connectivity index (χ0n) is 5.92. The fraction of sp³-hybridized carbons (Fsp3) is 0.875. The van der Waals surface area contributed by atoms with Gasteiger partial charge in [-0.1, -0.05) is 0 Å². The van der Waals surface area contributed by atoms with E-state index < -0.39 is 0 Å². The Kier molecular flexibility index (Phi) is 1.31. The lowest BCUT2D eigenvalue weighted by Gasteiger charge is -2.23. The van der Waals surface area contributed by atoms with Crippen molar-refractivity contribution < 1.29 is 9.90 Å². The predicted molar refractivity (Wildman–Crippen MR) is 36.5 cm³/mol. The van der Waals surface area contributed by atoms with Gasteiger partial charge in [0.25, 0.3) is 0 Å². The number of carbonyl (C=O) groups is 1. The number of carbonyl (C=O) groups excluding carboxylic acids is 1. The molecule has 0 aliphatic heterocycles. The Morgan fingerprint density at radius 3 is 2.20 bits per heavy atom. The minimum absolute atomic E-state index is 0.155. The number of aliphatic hydroxyl groups is 1. The van der Waals surface area contributed by atoms with Gasteiger partial charge in [0.05, 0.1) is 6.10 Å². The van der Waals surface area contributed by atoms with Gasteiger partial charge in [0, 0.05) is 12.8 Å². The lowest BCUT2D eigenvalue weighted by molar-refractivity contribution is -0.125. The minimum Gasteiger partial charge on any atom is -0.393 e. The second-order valence-corrected chi connectivity index (χ2v) is 3.54. The largest absolute Gasteiger partial charge is 0.393 e. The molecule has 0 aromatic rings. The summed E-state index contributed by atoms with van der Waals surface area (Å²) in [6.07, 6.45) is 3.25. The summed E-state index contributed by atoms with van der Waals surface area (Å²) in [4.78, 5) is 11.0. The van der Waals surface area contributed by atoms with Gasteiger partial charge in [0.15, 0.2) is 0 Å². The average molecular weight is 140 g/mol. The number of hydrogen-bond donors (Lipinski definition) is 1. The molecule has 2 nitrogen and oxygen atoms in total. The smallest absolute Gasteiger partial charge is 0.133 e. The highest BCUT2D eigenvalue weighted by molar-refractivity contribution is 5.80. The van der Waals surface area contributed by atoms with E-state index >= 15 is 0 Å². The van der Waals surface area contributed by atoms with Crippen LogP contribution in [0.1, 0.15) is 25.7 Å². The van der Waals surface area contributed by atoms with Crippen LogP contribution in [0.2, 0.25) is 0 Å². The van der Waals surface area contributed by atoms with E-state index in [4.69, 9.17) is 0 Å². The van der Waals surface area contributed by atoms with E-state index in [2.05, 4.69) is 0 Å². The first kappa shape index (κ1) is 6.35. The summed E-state index contributed by atoms with van der Waals surface area (Å²) >= 11 is 0. The number of aliphatic hydroxyl groups excluding tert-OH is 1. The minimum atomic E-state index is -0.155. The molecule has 0 radical (unpaired) electrons. The summed E-state index contributed by atoms with van der Waals surface area (Å²) < 4.78 is 0. The molecule has 2 unspecified atom stereocenters. The zero-order chi connectivity index (χ0) is 7.14. The van der Waals surface area contributed by atoms with Gasteiger partial charge >= 0.3 is 0 Å². The summed E-state index contributed by atoms with van der Waals surface area (Å²) in [6, 6.07) is 0. The SMILES string of the molecule is O=C1CC2CCC(C1)C2O. The van der Waals surface area contributed by atoms with Crippen LogP contribution in [0.4, 0.5) is 0 Å². The van der Waals surface area contributed by atoms with Gasteiger partial charge in [-0.15, -0.1) is 0 Å². The van der Waals surface area contributed by atoms with E-state index in [1.54, 1.807) is 0 Å². The maximum absolute atomic E-state index is 11.0. The van der Waals surface area contributed by atoms with Gasteiger partial charge < -0.3 is 5.11 Å². The van der Waals surface area contributed by atoms with E-state index in [9.17, 15) is 9.90 Å². The van der Waals surface area contributed by atoms with E-state index in [1.165, 1.54) is 0 Å². The van der Waals surface area contributed by atoms with Gasteiger partial charge in [0.1, 0.15) is 5.78 Å². The molecule has 0 saturated heterocycles. The molecular formula is C8H12O2. The van der Waals surface area contributed by atoms with Crippen molar-refractivity contribution in [2.45, 2.75) is 31.8 Å². The summed E-state index contributed by atoms with van der Waals surface area (Å²) in [5.74, 6) is 0.982. The third kappa shape index (κ3) is 0.788. The van der Waals surface area contributed by atoms with Crippen LogP contribution in [0.3, 0.4) is 0 Å². The second kappa shape index (κ2) is 2.06. The standard InChI is InChI=1S/C8H12O2/c9-7-3-5-1-2-6(4-7)8(5)10/h5-6,8,10H,1-4H2. The Labute approximate surface area is 60.2 Å². The normalized spacial score (nSPS) is 46.1. The molecule has 0 heterocycles. The summed E-state index contributed by atoms with van der Waals surface area (Å²) in [6.45, 7) is 0. The summed E-state index contributed by atoms with van der Waals surface area (Å²) in [5, 5.41) is 9.47. The quantitative estimate of drug-likeness (QED) is 0.538. The molecule has 56 valence electrons. The fourth-order valence-electron chi connectivity index (χ4n) is 2.27. The maximum atomic E-state index is 11.0. The first-order valence-electron chi connectivity index (χ1n) is 3.97. The molecule has 0 aromatic heterocycles. The van der Waals surface area contributed by atoms with Crippen molar-refractivity contribution in [2.75, 3.05) is 0 Å². The van der Waals surface area contributed by atoms with Gasteiger partial charge in [-0.25, -0.2) is 0 Å². The molecule has 2 aliphatic rings. The van der Waals surface area contributed by atoms with E-state index in [-0.39, 0.29) is 6.10 Å². The highest BCUT2D eigenvalue weighted by Crippen LogP contribution is 2.40. The third-order valence-corrected chi connectivity index (χ3v) is 2.85. The van der Waals surface area contributed by atoms with Crippen LogP contribution in [-0.2, 0) is 4.79 Å². The Balaban J connectivity index is 2.16. The van der Waals surface area contributed by atoms with Gasteiger partial charge in [0.2, 0.25) is 0 Å². The highest BCUT2D eigenvalue weighted by Gasteiger charge is 2.40. The van der Waals surface area contributed by atoms with Crippen LogP contribution in [-0.4, -0.2) is 17.0 Å². The second-order valence-electron chi connectivity index (χ2n) is 3.54. The summed E-state index contributed by atoms with van der Waals surface area (Å²) in [7, 11) is 0. The first-order valence-corrected chi connectivity index (χ1v) is 3.97. The van der Waals surface area contributed by atoms with Crippen molar-refractivity contribution >= 4 is 5.78 Å². The van der Waals surface area contributed by atoms with Gasteiger partial charge in [-0.2, -0.15) is 0 Å². The van der Waals surface area contributed by atoms with Crippen molar-refractivity contribution in [3.05, 3.63) is 0 Å². The number of hydrogen-bond acceptors (Lipinski definition) is 2. The zero-order valence-corrected chi connectivity index (χ0v) is 5.92. The van der Waals surface area contributed by atoms with Crippen LogP contribution >= 0.6 is 0 Å².